The quantitative estimate of drug-likeness (QED) is 0.918. The molecule has 0 spiro atoms. The summed E-state index contributed by atoms with van der Waals surface area (Å²) < 4.78 is 0. The van der Waals surface area contributed by atoms with E-state index in [0.29, 0.717) is 5.69 Å². The van der Waals surface area contributed by atoms with Crippen LogP contribution in [0.4, 0.5) is 5.69 Å². The minimum atomic E-state index is 0.0687. The zero-order valence-electron chi connectivity index (χ0n) is 12.6. The molecule has 1 aromatic heterocycles. The summed E-state index contributed by atoms with van der Waals surface area (Å²) in [6.45, 7) is 7.02. The van der Waals surface area contributed by atoms with Gasteiger partial charge in [0, 0.05) is 31.5 Å². The van der Waals surface area contributed by atoms with Crippen LogP contribution in [0.3, 0.4) is 0 Å². The first kappa shape index (κ1) is 14.8. The largest absolute Gasteiger partial charge is 0.385 e. The fraction of sp³-hybridized carbons (Fsp3) is 0.625. The van der Waals surface area contributed by atoms with E-state index in [2.05, 4.69) is 24.1 Å². The molecule has 4 nitrogen and oxygen atoms in total. The Kier molecular flexibility index (Phi) is 5.39. The maximum atomic E-state index is 12.5. The van der Waals surface area contributed by atoms with Gasteiger partial charge in [-0.2, -0.15) is 0 Å². The number of rotatable bonds is 4. The predicted octanol–water partition coefficient (Wildman–Crippen LogP) is 3.17. The van der Waals surface area contributed by atoms with Gasteiger partial charge in [0.1, 0.15) is 5.69 Å². The van der Waals surface area contributed by atoms with Gasteiger partial charge in [-0.25, -0.2) is 0 Å². The summed E-state index contributed by atoms with van der Waals surface area (Å²) in [6, 6.07) is 3.78. The Bertz CT molecular complexity index is 447. The molecule has 20 heavy (non-hydrogen) atoms. The topological polar surface area (TPSA) is 45.2 Å². The Morgan fingerprint density at radius 2 is 2.30 bits per heavy atom. The number of hydrogen-bond donors (Lipinski definition) is 1. The highest BCUT2D eigenvalue weighted by atomic mass is 16.2. The molecule has 1 unspecified atom stereocenters. The Morgan fingerprint density at radius 3 is 3.10 bits per heavy atom. The first-order valence-electron chi connectivity index (χ1n) is 7.70. The van der Waals surface area contributed by atoms with Gasteiger partial charge in [0.25, 0.3) is 5.91 Å². The average Bonchev–Trinajstić information content (AvgIpc) is 2.69. The molecular weight excluding hydrogens is 250 g/mol. The summed E-state index contributed by atoms with van der Waals surface area (Å²) in [6.07, 6.45) is 6.19. The summed E-state index contributed by atoms with van der Waals surface area (Å²) in [5.41, 5.74) is 1.54. The lowest BCUT2D eigenvalue weighted by molar-refractivity contribution is 0.0754. The number of carbonyl (C=O) groups is 1. The average molecular weight is 275 g/mol. The molecule has 1 amide bonds. The molecule has 0 saturated carbocycles. The molecule has 1 aliphatic heterocycles. The summed E-state index contributed by atoms with van der Waals surface area (Å²) >= 11 is 0. The van der Waals surface area contributed by atoms with E-state index < -0.39 is 0 Å². The third-order valence-corrected chi connectivity index (χ3v) is 3.86. The van der Waals surface area contributed by atoms with Crippen LogP contribution in [-0.2, 0) is 0 Å². The second-order valence-electron chi connectivity index (χ2n) is 5.68. The van der Waals surface area contributed by atoms with Gasteiger partial charge in [0.05, 0.1) is 0 Å². The lowest BCUT2D eigenvalue weighted by Gasteiger charge is -2.20. The van der Waals surface area contributed by atoms with Crippen molar-refractivity contribution < 1.29 is 4.79 Å². The number of aromatic nitrogens is 1. The van der Waals surface area contributed by atoms with E-state index in [1.807, 2.05) is 17.0 Å². The minimum Gasteiger partial charge on any atom is -0.385 e. The maximum Gasteiger partial charge on any atom is 0.272 e. The van der Waals surface area contributed by atoms with E-state index in [4.69, 9.17) is 0 Å². The monoisotopic (exact) mass is 275 g/mol. The van der Waals surface area contributed by atoms with Crippen molar-refractivity contribution in [3.05, 3.63) is 24.0 Å². The molecule has 1 atom stereocenters. The normalized spacial score (nSPS) is 19.5. The highest BCUT2D eigenvalue weighted by Gasteiger charge is 2.20. The van der Waals surface area contributed by atoms with Crippen LogP contribution in [0.15, 0.2) is 18.3 Å². The van der Waals surface area contributed by atoms with Crippen LogP contribution in [0.5, 0.6) is 0 Å². The van der Waals surface area contributed by atoms with Gasteiger partial charge in [-0.3, -0.25) is 9.78 Å². The van der Waals surface area contributed by atoms with E-state index in [1.165, 1.54) is 6.42 Å². The molecule has 1 aliphatic rings. The van der Waals surface area contributed by atoms with E-state index in [9.17, 15) is 4.79 Å². The number of amides is 1. The summed E-state index contributed by atoms with van der Waals surface area (Å²) in [4.78, 5) is 18.7. The predicted molar refractivity (Wildman–Crippen MR) is 81.9 cm³/mol. The first-order valence-corrected chi connectivity index (χ1v) is 7.70. The standard InChI is InChI=1S/C16H25N3O/c1-3-8-17-14-6-9-18-15(12-14)16(20)19-10-4-5-13(2)7-11-19/h6,9,12-13H,3-5,7-8,10-11H2,1-2H3,(H,17,18). The van der Waals surface area contributed by atoms with E-state index in [-0.39, 0.29) is 5.91 Å². The molecule has 0 radical (unpaired) electrons. The number of pyridine rings is 1. The fourth-order valence-electron chi connectivity index (χ4n) is 2.55. The minimum absolute atomic E-state index is 0.0687. The van der Waals surface area contributed by atoms with Gasteiger partial charge in [-0.1, -0.05) is 13.8 Å². The van der Waals surface area contributed by atoms with Gasteiger partial charge in [0.15, 0.2) is 0 Å². The van der Waals surface area contributed by atoms with Crippen molar-refractivity contribution in [2.75, 3.05) is 25.0 Å². The Hall–Kier alpha value is -1.58. The number of carbonyl (C=O) groups excluding carboxylic acids is 1. The van der Waals surface area contributed by atoms with E-state index in [0.717, 1.165) is 50.5 Å². The van der Waals surface area contributed by atoms with Gasteiger partial charge >= 0.3 is 0 Å². The summed E-state index contributed by atoms with van der Waals surface area (Å²) in [7, 11) is 0. The third-order valence-electron chi connectivity index (χ3n) is 3.86. The van der Waals surface area contributed by atoms with Crippen molar-refractivity contribution in [1.82, 2.24) is 9.88 Å². The second-order valence-corrected chi connectivity index (χ2v) is 5.68. The molecule has 0 bridgehead atoms. The number of anilines is 1. The number of nitrogens with zero attached hydrogens (tertiary/aromatic N) is 2. The Labute approximate surface area is 121 Å². The van der Waals surface area contributed by atoms with Crippen LogP contribution < -0.4 is 5.32 Å². The van der Waals surface area contributed by atoms with Crippen LogP contribution in [0, 0.1) is 5.92 Å². The van der Waals surface area contributed by atoms with Crippen LogP contribution >= 0.6 is 0 Å². The van der Waals surface area contributed by atoms with Gasteiger partial charge in [-0.15, -0.1) is 0 Å². The molecule has 1 aromatic rings. The molecule has 0 aliphatic carbocycles. The SMILES string of the molecule is CCCNc1ccnc(C(=O)N2CCCC(C)CC2)c1. The zero-order chi connectivity index (χ0) is 14.4. The second kappa shape index (κ2) is 7.27. The lowest BCUT2D eigenvalue weighted by Crippen LogP contribution is -2.32. The number of likely N-dealkylation sites (tertiary alicyclic amines) is 1. The Morgan fingerprint density at radius 1 is 1.45 bits per heavy atom. The van der Waals surface area contributed by atoms with Crippen molar-refractivity contribution >= 4 is 11.6 Å². The van der Waals surface area contributed by atoms with Gasteiger partial charge in [-0.05, 0) is 43.7 Å². The van der Waals surface area contributed by atoms with Crippen LogP contribution in [0.25, 0.3) is 0 Å². The van der Waals surface area contributed by atoms with Gasteiger partial charge in [0.2, 0.25) is 0 Å². The number of nitrogens with one attached hydrogen (secondary N) is 1. The lowest BCUT2D eigenvalue weighted by atomic mass is 10.0. The molecule has 1 fully saturated rings. The fourth-order valence-corrected chi connectivity index (χ4v) is 2.55. The molecule has 110 valence electrons. The van der Waals surface area contributed by atoms with Crippen molar-refractivity contribution in [2.24, 2.45) is 5.92 Å². The molecule has 0 aromatic carbocycles. The maximum absolute atomic E-state index is 12.5. The third kappa shape index (κ3) is 3.95. The zero-order valence-corrected chi connectivity index (χ0v) is 12.6. The van der Waals surface area contributed by atoms with Crippen molar-refractivity contribution in [3.63, 3.8) is 0 Å². The summed E-state index contributed by atoms with van der Waals surface area (Å²) in [5, 5.41) is 3.30. The van der Waals surface area contributed by atoms with Crippen molar-refractivity contribution in [1.29, 1.82) is 0 Å². The van der Waals surface area contributed by atoms with E-state index >= 15 is 0 Å². The molecule has 2 heterocycles. The number of hydrogen-bond acceptors (Lipinski definition) is 3. The smallest absolute Gasteiger partial charge is 0.272 e. The molecular formula is C16H25N3O. The highest BCUT2D eigenvalue weighted by Crippen LogP contribution is 2.18. The van der Waals surface area contributed by atoms with Crippen molar-refractivity contribution in [2.45, 2.75) is 39.5 Å². The van der Waals surface area contributed by atoms with Gasteiger partial charge < -0.3 is 10.2 Å². The molecule has 4 heteroatoms. The molecule has 2 rings (SSSR count). The van der Waals surface area contributed by atoms with Crippen LogP contribution in [-0.4, -0.2) is 35.4 Å². The van der Waals surface area contributed by atoms with Crippen LogP contribution in [0.1, 0.15) is 50.0 Å². The highest BCUT2D eigenvalue weighted by molar-refractivity contribution is 5.93. The van der Waals surface area contributed by atoms with E-state index in [1.54, 1.807) is 6.20 Å². The Balaban J connectivity index is 2.04. The molecule has 1 N–H and O–H groups in total. The van der Waals surface area contributed by atoms with Crippen LogP contribution in [0.2, 0.25) is 0 Å². The first-order chi connectivity index (χ1) is 9.70. The summed E-state index contributed by atoms with van der Waals surface area (Å²) in [5.74, 6) is 0.789. The van der Waals surface area contributed by atoms with Crippen molar-refractivity contribution in [3.8, 4) is 0 Å². The molecule has 1 saturated heterocycles.